The van der Waals surface area contributed by atoms with Crippen LogP contribution in [0.3, 0.4) is 0 Å². The van der Waals surface area contributed by atoms with Crippen LogP contribution in [0, 0.1) is 0 Å². The normalized spacial score (nSPS) is 10.5. The predicted octanol–water partition coefficient (Wildman–Crippen LogP) is -0.115. The molecule has 0 radical (unpaired) electrons. The molecule has 0 unspecified atom stereocenters. The first-order chi connectivity index (χ1) is 6.42. The molecule has 13 heavy (non-hydrogen) atoms. The number of aromatic nitrogens is 4. The number of nitrogens with zero attached hydrogens (tertiary/aromatic N) is 4. The number of aliphatic hydroxyl groups excluding tert-OH is 1. The van der Waals surface area contributed by atoms with Gasteiger partial charge in [-0.15, -0.1) is 21.5 Å². The summed E-state index contributed by atoms with van der Waals surface area (Å²) in [5.41, 5.74) is 2.27. The number of hydrogen-bond acceptors (Lipinski definition) is 7. The summed E-state index contributed by atoms with van der Waals surface area (Å²) in [6.07, 6.45) is 0. The van der Waals surface area contributed by atoms with E-state index in [0.29, 0.717) is 18.0 Å². The van der Waals surface area contributed by atoms with Gasteiger partial charge in [0.15, 0.2) is 11.5 Å². The van der Waals surface area contributed by atoms with Crippen molar-refractivity contribution >= 4 is 27.5 Å². The summed E-state index contributed by atoms with van der Waals surface area (Å²) in [6, 6.07) is 0. The second-order valence-electron chi connectivity index (χ2n) is 2.29. The first-order valence-corrected chi connectivity index (χ1v) is 4.57. The first kappa shape index (κ1) is 8.27. The number of hydrogen-bond donors (Lipinski definition) is 2. The summed E-state index contributed by atoms with van der Waals surface area (Å²) in [7, 11) is 0. The van der Waals surface area contributed by atoms with Crippen LogP contribution in [0.4, 0.5) is 5.82 Å². The number of thiazole rings is 1. The number of anilines is 1. The molecule has 7 heteroatoms. The third kappa shape index (κ3) is 1.56. The number of rotatable bonds is 3. The highest BCUT2D eigenvalue weighted by Gasteiger charge is 2.05. The van der Waals surface area contributed by atoms with Crippen molar-refractivity contribution < 1.29 is 5.11 Å². The van der Waals surface area contributed by atoms with Crippen LogP contribution in [-0.4, -0.2) is 38.7 Å². The molecule has 0 aliphatic rings. The maximum absolute atomic E-state index is 8.61. The van der Waals surface area contributed by atoms with Crippen LogP contribution in [0.25, 0.3) is 10.3 Å². The fourth-order valence-corrected chi connectivity index (χ4v) is 1.60. The molecule has 2 aromatic heterocycles. The number of nitrogens with one attached hydrogen (secondary N) is 1. The minimum absolute atomic E-state index is 0.0598. The summed E-state index contributed by atoms with van der Waals surface area (Å²) >= 11 is 1.44. The van der Waals surface area contributed by atoms with E-state index < -0.39 is 0 Å². The van der Waals surface area contributed by atoms with E-state index in [2.05, 4.69) is 25.7 Å². The lowest BCUT2D eigenvalue weighted by molar-refractivity contribution is 0.311. The molecule has 2 aromatic rings. The first-order valence-electron chi connectivity index (χ1n) is 3.69. The van der Waals surface area contributed by atoms with E-state index in [1.165, 1.54) is 11.3 Å². The predicted molar refractivity (Wildman–Crippen MR) is 48.6 cm³/mol. The van der Waals surface area contributed by atoms with Gasteiger partial charge in [0.1, 0.15) is 4.70 Å². The molecule has 2 heterocycles. The molecule has 0 amide bonds. The summed E-state index contributed by atoms with van der Waals surface area (Å²) in [6.45, 7) is 0.510. The van der Waals surface area contributed by atoms with Gasteiger partial charge in [-0.05, 0) is 5.21 Å². The molecule has 0 bridgehead atoms. The SMILES string of the molecule is OCCNc1nnnc2ncsc12. The van der Waals surface area contributed by atoms with E-state index in [1.54, 1.807) is 5.51 Å². The minimum Gasteiger partial charge on any atom is -0.395 e. The maximum Gasteiger partial charge on any atom is 0.198 e. The highest BCUT2D eigenvalue weighted by Crippen LogP contribution is 2.20. The molecule has 2 rings (SSSR count). The molecule has 0 aromatic carbocycles. The van der Waals surface area contributed by atoms with Crippen molar-refractivity contribution in [3.8, 4) is 0 Å². The summed E-state index contributed by atoms with van der Waals surface area (Å²) in [4.78, 5) is 3.99. The van der Waals surface area contributed by atoms with Crippen molar-refractivity contribution in [3.05, 3.63) is 5.51 Å². The van der Waals surface area contributed by atoms with Crippen LogP contribution in [0.5, 0.6) is 0 Å². The zero-order valence-corrected chi connectivity index (χ0v) is 7.45. The molecule has 68 valence electrons. The Kier molecular flexibility index (Phi) is 2.28. The van der Waals surface area contributed by atoms with Gasteiger partial charge in [0, 0.05) is 6.54 Å². The molecule has 0 atom stereocenters. The quantitative estimate of drug-likeness (QED) is 0.714. The molecule has 2 N–H and O–H groups in total. The van der Waals surface area contributed by atoms with Crippen molar-refractivity contribution in [2.24, 2.45) is 0 Å². The van der Waals surface area contributed by atoms with Crippen molar-refractivity contribution in [1.29, 1.82) is 0 Å². The highest BCUT2D eigenvalue weighted by atomic mass is 32.1. The number of aliphatic hydroxyl groups is 1. The third-order valence-corrected chi connectivity index (χ3v) is 2.27. The Morgan fingerprint density at radius 1 is 1.46 bits per heavy atom. The van der Waals surface area contributed by atoms with Crippen LogP contribution in [0.1, 0.15) is 0 Å². The van der Waals surface area contributed by atoms with Crippen molar-refractivity contribution in [2.75, 3.05) is 18.5 Å². The van der Waals surface area contributed by atoms with Crippen LogP contribution >= 0.6 is 11.3 Å². The lowest BCUT2D eigenvalue weighted by Gasteiger charge is -2.00. The van der Waals surface area contributed by atoms with E-state index in [0.717, 1.165) is 4.70 Å². The largest absolute Gasteiger partial charge is 0.395 e. The van der Waals surface area contributed by atoms with Gasteiger partial charge in [0.25, 0.3) is 0 Å². The Bertz CT molecular complexity index is 403. The Morgan fingerprint density at radius 3 is 3.23 bits per heavy atom. The molecule has 6 nitrogen and oxygen atoms in total. The zero-order chi connectivity index (χ0) is 9.10. The molecule has 0 saturated carbocycles. The summed E-state index contributed by atoms with van der Waals surface area (Å²) in [5, 5.41) is 22.6. The molecule has 0 saturated heterocycles. The average Bonchev–Trinajstić information content (AvgIpc) is 2.62. The Hall–Kier alpha value is -1.34. The second-order valence-corrected chi connectivity index (χ2v) is 3.15. The average molecular weight is 197 g/mol. The smallest absolute Gasteiger partial charge is 0.198 e. The second kappa shape index (κ2) is 3.58. The zero-order valence-electron chi connectivity index (χ0n) is 6.64. The van der Waals surface area contributed by atoms with Gasteiger partial charge < -0.3 is 10.4 Å². The fourth-order valence-electron chi connectivity index (χ4n) is 0.918. The van der Waals surface area contributed by atoms with E-state index in [1.807, 2.05) is 0 Å². The Balaban J connectivity index is 2.37. The van der Waals surface area contributed by atoms with E-state index >= 15 is 0 Å². The van der Waals surface area contributed by atoms with Gasteiger partial charge in [0.2, 0.25) is 0 Å². The molecule has 0 fully saturated rings. The molecule has 0 aliphatic carbocycles. The summed E-state index contributed by atoms with van der Waals surface area (Å²) < 4.78 is 0.864. The van der Waals surface area contributed by atoms with Crippen LogP contribution in [0.2, 0.25) is 0 Å². The molecular formula is C6H7N5OS. The van der Waals surface area contributed by atoms with Gasteiger partial charge in [-0.25, -0.2) is 4.98 Å². The van der Waals surface area contributed by atoms with Crippen molar-refractivity contribution in [2.45, 2.75) is 0 Å². The van der Waals surface area contributed by atoms with E-state index in [-0.39, 0.29) is 6.61 Å². The maximum atomic E-state index is 8.61. The number of fused-ring (bicyclic) bond motifs is 1. The van der Waals surface area contributed by atoms with Gasteiger partial charge in [-0.1, -0.05) is 0 Å². The summed E-state index contributed by atoms with van der Waals surface area (Å²) in [5.74, 6) is 0.626. The van der Waals surface area contributed by atoms with E-state index in [4.69, 9.17) is 5.11 Å². The van der Waals surface area contributed by atoms with Gasteiger partial charge in [0.05, 0.1) is 12.1 Å². The van der Waals surface area contributed by atoms with Crippen molar-refractivity contribution in [3.63, 3.8) is 0 Å². The van der Waals surface area contributed by atoms with E-state index in [9.17, 15) is 0 Å². The standard InChI is InChI=1S/C6H7N5OS/c12-2-1-7-5-4-6(8-3-13-4)10-11-9-5/h3,12H,1-2H2,(H,7,9,10). The highest BCUT2D eigenvalue weighted by molar-refractivity contribution is 7.17. The lowest BCUT2D eigenvalue weighted by atomic mass is 10.5. The fraction of sp³-hybridized carbons (Fsp3) is 0.333. The minimum atomic E-state index is 0.0598. The van der Waals surface area contributed by atoms with Gasteiger partial charge in [-0.3, -0.25) is 0 Å². The molecule has 0 aliphatic heterocycles. The monoisotopic (exact) mass is 197 g/mol. The van der Waals surface area contributed by atoms with Gasteiger partial charge >= 0.3 is 0 Å². The molecular weight excluding hydrogens is 190 g/mol. The molecule has 0 spiro atoms. The van der Waals surface area contributed by atoms with Crippen LogP contribution in [0.15, 0.2) is 5.51 Å². The topological polar surface area (TPSA) is 83.8 Å². The van der Waals surface area contributed by atoms with Crippen LogP contribution < -0.4 is 5.32 Å². The van der Waals surface area contributed by atoms with Crippen molar-refractivity contribution in [1.82, 2.24) is 20.4 Å². The van der Waals surface area contributed by atoms with Crippen LogP contribution in [-0.2, 0) is 0 Å². The third-order valence-electron chi connectivity index (χ3n) is 1.45. The lowest BCUT2D eigenvalue weighted by Crippen LogP contribution is -2.08. The Morgan fingerprint density at radius 2 is 2.38 bits per heavy atom. The Labute approximate surface area is 77.6 Å². The van der Waals surface area contributed by atoms with Gasteiger partial charge in [-0.2, -0.15) is 0 Å².